The molecule has 0 spiro atoms. The minimum atomic E-state index is -4.16. The molecule has 0 bridgehead atoms. The molecule has 0 unspecified atom stereocenters. The molecule has 5 nitrogen and oxygen atoms in total. The molecular formula is C13H9ClFIN2O3S. The minimum Gasteiger partial charge on any atom is -0.322 e. The molecule has 1 amide bonds. The lowest BCUT2D eigenvalue weighted by Gasteiger charge is -2.09. The predicted molar refractivity (Wildman–Crippen MR) is 89.9 cm³/mol. The van der Waals surface area contributed by atoms with Crippen molar-refractivity contribution in [3.63, 3.8) is 0 Å². The number of benzene rings is 2. The highest BCUT2D eigenvalue weighted by Gasteiger charge is 2.20. The molecule has 3 N–H and O–H groups in total. The maximum Gasteiger partial charge on any atom is 0.258 e. The molecule has 0 aliphatic heterocycles. The lowest BCUT2D eigenvalue weighted by Crippen LogP contribution is -2.17. The largest absolute Gasteiger partial charge is 0.322 e. The topological polar surface area (TPSA) is 89.3 Å². The quantitative estimate of drug-likeness (QED) is 0.699. The number of carbonyl (C=O) groups excluding carboxylic acids is 1. The van der Waals surface area contributed by atoms with E-state index in [2.05, 4.69) is 27.9 Å². The second kappa shape index (κ2) is 6.49. The van der Waals surface area contributed by atoms with Gasteiger partial charge in [-0.15, -0.1) is 0 Å². The van der Waals surface area contributed by atoms with Crippen molar-refractivity contribution in [1.82, 2.24) is 0 Å². The SMILES string of the molecule is NS(=O)(=O)c1cc(C(=O)Nc2ccc(I)cc2)c(F)cc1Cl. The van der Waals surface area contributed by atoms with Gasteiger partial charge < -0.3 is 5.32 Å². The molecule has 2 aromatic carbocycles. The average Bonchev–Trinajstić information content (AvgIpc) is 2.39. The highest BCUT2D eigenvalue weighted by molar-refractivity contribution is 14.1. The number of amides is 1. The summed E-state index contributed by atoms with van der Waals surface area (Å²) < 4.78 is 37.6. The molecule has 0 atom stereocenters. The van der Waals surface area contributed by atoms with Crippen LogP contribution in [0.4, 0.5) is 10.1 Å². The molecule has 116 valence electrons. The summed E-state index contributed by atoms with van der Waals surface area (Å²) in [6, 6.07) is 8.33. The van der Waals surface area contributed by atoms with E-state index in [1.54, 1.807) is 24.3 Å². The summed E-state index contributed by atoms with van der Waals surface area (Å²) in [4.78, 5) is 11.6. The van der Waals surface area contributed by atoms with Crippen molar-refractivity contribution < 1.29 is 17.6 Å². The van der Waals surface area contributed by atoms with Crippen LogP contribution in [0.1, 0.15) is 10.4 Å². The number of halogens is 3. The molecule has 0 aliphatic rings. The smallest absolute Gasteiger partial charge is 0.258 e. The molecule has 22 heavy (non-hydrogen) atoms. The Balaban J connectivity index is 2.39. The fraction of sp³-hybridized carbons (Fsp3) is 0. The van der Waals surface area contributed by atoms with Crippen LogP contribution < -0.4 is 10.5 Å². The summed E-state index contributed by atoms with van der Waals surface area (Å²) in [7, 11) is -4.16. The van der Waals surface area contributed by atoms with Crippen LogP contribution in [0.15, 0.2) is 41.3 Å². The van der Waals surface area contributed by atoms with Gasteiger partial charge in [0, 0.05) is 9.26 Å². The van der Waals surface area contributed by atoms with E-state index in [0.717, 1.165) is 15.7 Å². The minimum absolute atomic E-state index is 0.384. The Morgan fingerprint density at radius 3 is 2.36 bits per heavy atom. The number of nitrogens with two attached hydrogens (primary N) is 1. The van der Waals surface area contributed by atoms with Crippen molar-refractivity contribution in [2.45, 2.75) is 4.90 Å². The van der Waals surface area contributed by atoms with Crippen molar-refractivity contribution in [2.75, 3.05) is 5.32 Å². The average molecular weight is 455 g/mol. The first kappa shape index (κ1) is 17.1. The zero-order valence-electron chi connectivity index (χ0n) is 10.8. The number of nitrogens with one attached hydrogen (secondary N) is 1. The van der Waals surface area contributed by atoms with Gasteiger partial charge in [0.1, 0.15) is 10.7 Å². The normalized spacial score (nSPS) is 11.3. The van der Waals surface area contributed by atoms with Gasteiger partial charge in [-0.05, 0) is 59.0 Å². The van der Waals surface area contributed by atoms with Crippen LogP contribution in [0.25, 0.3) is 0 Å². The summed E-state index contributed by atoms with van der Waals surface area (Å²) in [5.74, 6) is -1.75. The summed E-state index contributed by atoms with van der Waals surface area (Å²) >= 11 is 7.73. The van der Waals surface area contributed by atoms with E-state index in [4.69, 9.17) is 16.7 Å². The lowest BCUT2D eigenvalue weighted by molar-refractivity contribution is 0.102. The first-order valence-corrected chi connectivity index (χ1v) is 8.77. The van der Waals surface area contributed by atoms with Crippen molar-refractivity contribution in [3.8, 4) is 0 Å². The number of anilines is 1. The van der Waals surface area contributed by atoms with Gasteiger partial charge in [0.25, 0.3) is 5.91 Å². The summed E-state index contributed by atoms with van der Waals surface area (Å²) in [6.45, 7) is 0. The molecule has 0 radical (unpaired) electrons. The maximum absolute atomic E-state index is 13.9. The molecule has 2 aromatic rings. The molecule has 0 heterocycles. The highest BCUT2D eigenvalue weighted by Crippen LogP contribution is 2.25. The van der Waals surface area contributed by atoms with Gasteiger partial charge >= 0.3 is 0 Å². The van der Waals surface area contributed by atoms with E-state index >= 15 is 0 Å². The Morgan fingerprint density at radius 1 is 1.23 bits per heavy atom. The number of carbonyl (C=O) groups is 1. The van der Waals surface area contributed by atoms with E-state index in [-0.39, 0.29) is 5.02 Å². The summed E-state index contributed by atoms with van der Waals surface area (Å²) in [5.41, 5.74) is -0.0242. The molecule has 0 aromatic heterocycles. The molecular weight excluding hydrogens is 446 g/mol. The maximum atomic E-state index is 13.9. The zero-order chi connectivity index (χ0) is 16.5. The van der Waals surface area contributed by atoms with E-state index in [1.807, 2.05) is 0 Å². The predicted octanol–water partition coefficient (Wildman–Crippen LogP) is 2.98. The van der Waals surface area contributed by atoms with Crippen LogP contribution in [-0.4, -0.2) is 14.3 Å². The van der Waals surface area contributed by atoms with Crippen LogP contribution >= 0.6 is 34.2 Å². The molecule has 0 saturated heterocycles. The third-order valence-corrected chi connectivity index (χ3v) is 4.77. The van der Waals surface area contributed by atoms with Crippen molar-refractivity contribution in [3.05, 3.63) is 56.4 Å². The molecule has 0 aliphatic carbocycles. The first-order valence-electron chi connectivity index (χ1n) is 5.77. The highest BCUT2D eigenvalue weighted by atomic mass is 127. The summed E-state index contributed by atoms with van der Waals surface area (Å²) in [5, 5.41) is 7.06. The summed E-state index contributed by atoms with van der Waals surface area (Å²) in [6.07, 6.45) is 0. The van der Waals surface area contributed by atoms with E-state index < -0.39 is 32.2 Å². The van der Waals surface area contributed by atoms with Crippen molar-refractivity contribution in [2.24, 2.45) is 5.14 Å². The van der Waals surface area contributed by atoms with Crippen LogP contribution in [0.3, 0.4) is 0 Å². The van der Waals surface area contributed by atoms with Gasteiger partial charge in [-0.2, -0.15) is 0 Å². The number of rotatable bonds is 3. The number of sulfonamides is 1. The first-order chi connectivity index (χ1) is 10.2. The number of hydrogen-bond acceptors (Lipinski definition) is 3. The zero-order valence-corrected chi connectivity index (χ0v) is 14.5. The lowest BCUT2D eigenvalue weighted by atomic mass is 10.2. The van der Waals surface area contributed by atoms with E-state index in [1.165, 1.54) is 0 Å². The second-order valence-electron chi connectivity index (χ2n) is 4.27. The Morgan fingerprint density at radius 2 is 1.82 bits per heavy atom. The van der Waals surface area contributed by atoms with Gasteiger partial charge in [0.15, 0.2) is 0 Å². The fourth-order valence-corrected chi connectivity index (χ4v) is 3.10. The Bertz CT molecular complexity index is 841. The molecule has 9 heteroatoms. The fourth-order valence-electron chi connectivity index (χ4n) is 1.65. The number of primary sulfonamides is 1. The van der Waals surface area contributed by atoms with Crippen molar-refractivity contribution in [1.29, 1.82) is 0 Å². The van der Waals surface area contributed by atoms with Gasteiger partial charge in [-0.3, -0.25) is 4.79 Å². The molecule has 2 rings (SSSR count). The van der Waals surface area contributed by atoms with Crippen LogP contribution in [0.5, 0.6) is 0 Å². The molecule has 0 saturated carbocycles. The van der Waals surface area contributed by atoms with Crippen LogP contribution in [0.2, 0.25) is 5.02 Å². The Labute approximate surface area is 144 Å². The van der Waals surface area contributed by atoms with Crippen LogP contribution in [0, 0.1) is 9.39 Å². The third-order valence-electron chi connectivity index (χ3n) is 2.67. The second-order valence-corrected chi connectivity index (χ2v) is 7.45. The van der Waals surface area contributed by atoms with Crippen LogP contribution in [-0.2, 0) is 10.0 Å². The van der Waals surface area contributed by atoms with Gasteiger partial charge in [-0.25, -0.2) is 17.9 Å². The Kier molecular flexibility index (Phi) is 5.05. The standard InChI is InChI=1S/C13H9ClFIN2O3S/c14-10-6-11(15)9(5-12(10)22(17,20)21)13(19)18-8-3-1-7(16)2-4-8/h1-6H,(H,18,19)(H2,17,20,21). The van der Waals surface area contributed by atoms with Crippen molar-refractivity contribution >= 4 is 55.8 Å². The third kappa shape index (κ3) is 3.94. The van der Waals surface area contributed by atoms with E-state index in [9.17, 15) is 17.6 Å². The molecule has 0 fully saturated rings. The van der Waals surface area contributed by atoms with Gasteiger partial charge in [0.05, 0.1) is 10.6 Å². The van der Waals surface area contributed by atoms with E-state index in [0.29, 0.717) is 5.69 Å². The van der Waals surface area contributed by atoms with Gasteiger partial charge in [0.2, 0.25) is 10.0 Å². The Hall–Kier alpha value is -1.23. The van der Waals surface area contributed by atoms with Gasteiger partial charge in [-0.1, -0.05) is 11.6 Å². The monoisotopic (exact) mass is 454 g/mol. The number of hydrogen-bond donors (Lipinski definition) is 2.